The van der Waals surface area contributed by atoms with E-state index < -0.39 is 0 Å². The number of hydrogen-bond donors (Lipinski definition) is 2. The molecule has 0 amide bonds. The molecular weight excluding hydrogens is 236 g/mol. The molecule has 2 fully saturated rings. The summed E-state index contributed by atoms with van der Waals surface area (Å²) in [5.74, 6) is 0.995. The van der Waals surface area contributed by atoms with Crippen LogP contribution in [-0.2, 0) is 0 Å². The molecule has 0 bridgehead atoms. The number of aliphatic imine (C=N–C) groups is 1. The number of likely N-dealkylation sites (tertiary alicyclic amines) is 1. The van der Waals surface area contributed by atoms with Gasteiger partial charge in [-0.15, -0.1) is 0 Å². The van der Waals surface area contributed by atoms with E-state index in [2.05, 4.69) is 27.4 Å². The van der Waals surface area contributed by atoms with Gasteiger partial charge in [0.05, 0.1) is 0 Å². The molecule has 0 radical (unpaired) electrons. The molecule has 1 heterocycles. The van der Waals surface area contributed by atoms with Crippen LogP contribution in [0.1, 0.15) is 51.9 Å². The highest BCUT2D eigenvalue weighted by atomic mass is 15.2. The lowest BCUT2D eigenvalue weighted by molar-refractivity contribution is 0.266. The Kier molecular flexibility index (Phi) is 5.95. The van der Waals surface area contributed by atoms with Gasteiger partial charge in [-0.3, -0.25) is 9.89 Å². The van der Waals surface area contributed by atoms with E-state index in [-0.39, 0.29) is 0 Å². The second-order valence-corrected chi connectivity index (χ2v) is 5.86. The number of hydrogen-bond acceptors (Lipinski definition) is 2. The van der Waals surface area contributed by atoms with Crippen LogP contribution in [0, 0.1) is 0 Å². The fourth-order valence-electron chi connectivity index (χ4n) is 3.39. The topological polar surface area (TPSA) is 39.7 Å². The molecule has 1 saturated carbocycles. The van der Waals surface area contributed by atoms with Gasteiger partial charge < -0.3 is 10.6 Å². The minimum absolute atomic E-state index is 0.630. The van der Waals surface area contributed by atoms with Gasteiger partial charge in [-0.2, -0.15) is 0 Å². The fraction of sp³-hybridized carbons (Fsp3) is 0.933. The zero-order valence-corrected chi connectivity index (χ0v) is 12.6. The van der Waals surface area contributed by atoms with Crippen LogP contribution in [0.15, 0.2) is 4.99 Å². The first-order valence-corrected chi connectivity index (χ1v) is 8.04. The molecule has 19 heavy (non-hydrogen) atoms. The Bertz CT molecular complexity index is 284. The first kappa shape index (κ1) is 14.6. The van der Waals surface area contributed by atoms with Crippen LogP contribution in [0.2, 0.25) is 0 Å². The average molecular weight is 266 g/mol. The van der Waals surface area contributed by atoms with Crippen molar-refractivity contribution >= 4 is 5.96 Å². The van der Waals surface area contributed by atoms with E-state index in [1.54, 1.807) is 0 Å². The van der Waals surface area contributed by atoms with Crippen LogP contribution >= 0.6 is 0 Å². The van der Waals surface area contributed by atoms with E-state index in [1.807, 2.05) is 7.05 Å². The van der Waals surface area contributed by atoms with Crippen LogP contribution in [0.3, 0.4) is 0 Å². The first-order chi connectivity index (χ1) is 9.33. The molecule has 1 aliphatic carbocycles. The van der Waals surface area contributed by atoms with Crippen molar-refractivity contribution in [3.8, 4) is 0 Å². The van der Waals surface area contributed by atoms with Gasteiger partial charge in [0.15, 0.2) is 5.96 Å². The Hall–Kier alpha value is -0.770. The molecule has 2 N–H and O–H groups in total. The van der Waals surface area contributed by atoms with E-state index in [1.165, 1.54) is 58.0 Å². The van der Waals surface area contributed by atoms with Crippen molar-refractivity contribution in [2.24, 2.45) is 4.99 Å². The zero-order chi connectivity index (χ0) is 13.5. The first-order valence-electron chi connectivity index (χ1n) is 8.04. The molecule has 2 aliphatic rings. The lowest BCUT2D eigenvalue weighted by atomic mass is 9.96. The zero-order valence-electron chi connectivity index (χ0n) is 12.6. The summed E-state index contributed by atoms with van der Waals surface area (Å²) >= 11 is 0. The number of likely N-dealkylation sites (N-methyl/N-ethyl adjacent to an activating group) is 1. The molecular formula is C15H30N4. The third-order valence-electron chi connectivity index (χ3n) is 4.58. The molecule has 1 saturated heterocycles. The second-order valence-electron chi connectivity index (χ2n) is 5.86. The second kappa shape index (κ2) is 7.73. The van der Waals surface area contributed by atoms with Gasteiger partial charge in [0.2, 0.25) is 0 Å². The van der Waals surface area contributed by atoms with Crippen LogP contribution in [-0.4, -0.2) is 49.6 Å². The smallest absolute Gasteiger partial charge is 0.191 e. The summed E-state index contributed by atoms with van der Waals surface area (Å²) in [6.07, 6.45) is 9.38. The van der Waals surface area contributed by atoms with Crippen LogP contribution < -0.4 is 10.6 Å². The van der Waals surface area contributed by atoms with Gasteiger partial charge in [0.25, 0.3) is 0 Å². The Morgan fingerprint density at radius 2 is 1.95 bits per heavy atom. The van der Waals surface area contributed by atoms with Crippen molar-refractivity contribution in [1.29, 1.82) is 0 Å². The van der Waals surface area contributed by atoms with Gasteiger partial charge in [-0.1, -0.05) is 26.2 Å². The summed E-state index contributed by atoms with van der Waals surface area (Å²) in [5.41, 5.74) is 0. The van der Waals surface area contributed by atoms with Gasteiger partial charge in [0, 0.05) is 25.7 Å². The van der Waals surface area contributed by atoms with Crippen LogP contribution in [0.25, 0.3) is 0 Å². The number of rotatable bonds is 4. The Morgan fingerprint density at radius 1 is 1.16 bits per heavy atom. The minimum atomic E-state index is 0.630. The molecule has 1 unspecified atom stereocenters. The third kappa shape index (κ3) is 4.37. The van der Waals surface area contributed by atoms with Gasteiger partial charge in [-0.05, 0) is 38.8 Å². The largest absolute Gasteiger partial charge is 0.355 e. The molecule has 2 rings (SSSR count). The van der Waals surface area contributed by atoms with E-state index in [0.717, 1.165) is 12.5 Å². The average Bonchev–Trinajstić information content (AvgIpc) is 2.92. The molecule has 0 aromatic rings. The normalized spacial score (nSPS) is 26.6. The minimum Gasteiger partial charge on any atom is -0.355 e. The highest BCUT2D eigenvalue weighted by Crippen LogP contribution is 2.17. The van der Waals surface area contributed by atoms with Crippen LogP contribution in [0.5, 0.6) is 0 Å². The predicted octanol–water partition coefficient (Wildman–Crippen LogP) is 1.97. The SMILES string of the molecule is CCN1CCCC1CNC(=NC)NC1CCCCC1. The monoisotopic (exact) mass is 266 g/mol. The predicted molar refractivity (Wildman–Crippen MR) is 81.6 cm³/mol. The number of guanidine groups is 1. The van der Waals surface area contributed by atoms with E-state index in [4.69, 9.17) is 0 Å². The van der Waals surface area contributed by atoms with E-state index in [9.17, 15) is 0 Å². The van der Waals surface area contributed by atoms with Crippen molar-refractivity contribution in [2.45, 2.75) is 64.0 Å². The van der Waals surface area contributed by atoms with Crippen molar-refractivity contribution in [3.63, 3.8) is 0 Å². The molecule has 4 heteroatoms. The van der Waals surface area contributed by atoms with Crippen molar-refractivity contribution in [2.75, 3.05) is 26.7 Å². The maximum absolute atomic E-state index is 4.37. The van der Waals surface area contributed by atoms with E-state index in [0.29, 0.717) is 12.1 Å². The molecule has 0 aromatic heterocycles. The summed E-state index contributed by atoms with van der Waals surface area (Å²) in [6.45, 7) is 5.71. The summed E-state index contributed by atoms with van der Waals surface area (Å²) in [6, 6.07) is 1.32. The Labute approximate surface area is 118 Å². The number of nitrogens with zero attached hydrogens (tertiary/aromatic N) is 2. The summed E-state index contributed by atoms with van der Waals surface area (Å²) in [7, 11) is 1.88. The van der Waals surface area contributed by atoms with Crippen molar-refractivity contribution in [3.05, 3.63) is 0 Å². The molecule has 4 nitrogen and oxygen atoms in total. The van der Waals surface area contributed by atoms with Gasteiger partial charge >= 0.3 is 0 Å². The van der Waals surface area contributed by atoms with Gasteiger partial charge in [-0.25, -0.2) is 0 Å². The maximum atomic E-state index is 4.37. The fourth-order valence-corrected chi connectivity index (χ4v) is 3.39. The third-order valence-corrected chi connectivity index (χ3v) is 4.58. The Morgan fingerprint density at radius 3 is 2.63 bits per heavy atom. The highest BCUT2D eigenvalue weighted by Gasteiger charge is 2.23. The lowest BCUT2D eigenvalue weighted by Gasteiger charge is -2.27. The van der Waals surface area contributed by atoms with E-state index >= 15 is 0 Å². The Balaban J connectivity index is 1.73. The number of nitrogens with one attached hydrogen (secondary N) is 2. The summed E-state index contributed by atoms with van der Waals surface area (Å²) < 4.78 is 0. The molecule has 0 spiro atoms. The summed E-state index contributed by atoms with van der Waals surface area (Å²) in [4.78, 5) is 6.94. The lowest BCUT2D eigenvalue weighted by Crippen LogP contribution is -2.48. The molecule has 110 valence electrons. The quantitative estimate of drug-likeness (QED) is 0.604. The van der Waals surface area contributed by atoms with Crippen molar-refractivity contribution in [1.82, 2.24) is 15.5 Å². The van der Waals surface area contributed by atoms with Crippen molar-refractivity contribution < 1.29 is 0 Å². The molecule has 1 atom stereocenters. The van der Waals surface area contributed by atoms with Crippen LogP contribution in [0.4, 0.5) is 0 Å². The summed E-state index contributed by atoms with van der Waals surface area (Å²) in [5, 5.41) is 7.10. The molecule has 1 aliphatic heterocycles. The maximum Gasteiger partial charge on any atom is 0.191 e. The molecule has 0 aromatic carbocycles. The van der Waals surface area contributed by atoms with Gasteiger partial charge in [0.1, 0.15) is 0 Å². The standard InChI is InChI=1S/C15H30N4/c1-3-19-11-7-10-14(19)12-17-15(16-2)18-13-8-5-4-6-9-13/h13-14H,3-12H2,1-2H3,(H2,16,17,18). The highest BCUT2D eigenvalue weighted by molar-refractivity contribution is 5.80.